The summed E-state index contributed by atoms with van der Waals surface area (Å²) in [6.07, 6.45) is 2.30. The lowest BCUT2D eigenvalue weighted by Crippen LogP contribution is -2.32. The molecule has 0 aromatic rings. The molecule has 0 fully saturated rings. The fraction of sp³-hybridized carbons (Fsp3) is 1.00. The third-order valence-corrected chi connectivity index (χ3v) is 2.48. The van der Waals surface area contributed by atoms with Gasteiger partial charge in [0, 0.05) is 6.61 Å². The summed E-state index contributed by atoms with van der Waals surface area (Å²) >= 11 is 0. The second kappa shape index (κ2) is 4.76. The summed E-state index contributed by atoms with van der Waals surface area (Å²) < 4.78 is 5.73. The predicted molar refractivity (Wildman–Crippen MR) is 49.8 cm³/mol. The molecule has 1 atom stereocenters. The molecule has 0 spiro atoms. The first kappa shape index (κ1) is 11.0. The van der Waals surface area contributed by atoms with Crippen LogP contribution in [0.25, 0.3) is 0 Å². The van der Waals surface area contributed by atoms with Crippen LogP contribution in [0, 0.1) is 5.92 Å². The molecule has 0 saturated heterocycles. The lowest BCUT2D eigenvalue weighted by molar-refractivity contribution is -0.0557. The molecular formula is C10H22O. The van der Waals surface area contributed by atoms with Gasteiger partial charge in [-0.05, 0) is 26.2 Å². The SMILES string of the molecule is CCCOC(C)(C)C(C)CC. The Labute approximate surface area is 71.1 Å². The molecule has 0 saturated carbocycles. The molecule has 0 N–H and O–H groups in total. The molecule has 0 aliphatic heterocycles. The second-order valence-corrected chi connectivity index (χ2v) is 3.76. The van der Waals surface area contributed by atoms with Crippen LogP contribution in [0.15, 0.2) is 0 Å². The van der Waals surface area contributed by atoms with E-state index in [0.717, 1.165) is 13.0 Å². The van der Waals surface area contributed by atoms with Crippen LogP contribution in [-0.2, 0) is 4.74 Å². The highest BCUT2D eigenvalue weighted by atomic mass is 16.5. The first-order valence-electron chi connectivity index (χ1n) is 4.68. The molecule has 0 radical (unpaired) electrons. The van der Waals surface area contributed by atoms with E-state index in [9.17, 15) is 0 Å². The molecule has 0 bridgehead atoms. The fourth-order valence-corrected chi connectivity index (χ4v) is 0.999. The van der Waals surface area contributed by atoms with Crippen molar-refractivity contribution in [1.29, 1.82) is 0 Å². The van der Waals surface area contributed by atoms with E-state index >= 15 is 0 Å². The van der Waals surface area contributed by atoms with Crippen LogP contribution >= 0.6 is 0 Å². The summed E-state index contributed by atoms with van der Waals surface area (Å²) in [5, 5.41) is 0. The Hall–Kier alpha value is -0.0400. The highest BCUT2D eigenvalue weighted by molar-refractivity contribution is 4.74. The number of ether oxygens (including phenoxy) is 1. The minimum absolute atomic E-state index is 0.0603. The monoisotopic (exact) mass is 158 g/mol. The van der Waals surface area contributed by atoms with Crippen LogP contribution in [0.1, 0.15) is 47.5 Å². The van der Waals surface area contributed by atoms with Gasteiger partial charge in [0.1, 0.15) is 0 Å². The summed E-state index contributed by atoms with van der Waals surface area (Å²) in [7, 11) is 0. The summed E-state index contributed by atoms with van der Waals surface area (Å²) in [4.78, 5) is 0. The molecule has 1 unspecified atom stereocenters. The van der Waals surface area contributed by atoms with Gasteiger partial charge in [0.05, 0.1) is 5.60 Å². The standard InChI is InChI=1S/C10H22O/c1-6-8-11-10(4,5)9(3)7-2/h9H,6-8H2,1-5H3. The quantitative estimate of drug-likeness (QED) is 0.597. The average molecular weight is 158 g/mol. The van der Waals surface area contributed by atoms with Crippen molar-refractivity contribution in [3.05, 3.63) is 0 Å². The first-order valence-corrected chi connectivity index (χ1v) is 4.68. The Bertz CT molecular complexity index is 97.0. The van der Waals surface area contributed by atoms with Crippen molar-refractivity contribution in [1.82, 2.24) is 0 Å². The van der Waals surface area contributed by atoms with Gasteiger partial charge < -0.3 is 4.74 Å². The zero-order valence-corrected chi connectivity index (χ0v) is 8.61. The predicted octanol–water partition coefficient (Wildman–Crippen LogP) is 3.24. The molecule has 1 nitrogen and oxygen atoms in total. The smallest absolute Gasteiger partial charge is 0.0651 e. The highest BCUT2D eigenvalue weighted by Gasteiger charge is 2.24. The third kappa shape index (κ3) is 3.76. The number of hydrogen-bond acceptors (Lipinski definition) is 1. The molecule has 0 amide bonds. The molecule has 0 heterocycles. The van der Waals surface area contributed by atoms with Crippen molar-refractivity contribution in [2.45, 2.75) is 53.1 Å². The Morgan fingerprint density at radius 3 is 2.18 bits per heavy atom. The summed E-state index contributed by atoms with van der Waals surface area (Å²) in [5.41, 5.74) is 0.0603. The Kier molecular flexibility index (Phi) is 4.74. The molecule has 0 rings (SSSR count). The van der Waals surface area contributed by atoms with Crippen LogP contribution in [0.4, 0.5) is 0 Å². The third-order valence-electron chi connectivity index (χ3n) is 2.48. The van der Waals surface area contributed by atoms with Crippen LogP contribution in [0.2, 0.25) is 0 Å². The van der Waals surface area contributed by atoms with Crippen LogP contribution < -0.4 is 0 Å². The van der Waals surface area contributed by atoms with Crippen LogP contribution in [0.5, 0.6) is 0 Å². The Balaban J connectivity index is 3.77. The van der Waals surface area contributed by atoms with Crippen LogP contribution in [0.3, 0.4) is 0 Å². The van der Waals surface area contributed by atoms with Crippen molar-refractivity contribution < 1.29 is 4.74 Å². The Morgan fingerprint density at radius 2 is 1.82 bits per heavy atom. The maximum Gasteiger partial charge on any atom is 0.0651 e. The van der Waals surface area contributed by atoms with Gasteiger partial charge >= 0.3 is 0 Å². The van der Waals surface area contributed by atoms with E-state index in [2.05, 4.69) is 34.6 Å². The van der Waals surface area contributed by atoms with Crippen LogP contribution in [-0.4, -0.2) is 12.2 Å². The maximum absolute atomic E-state index is 5.73. The number of hydrogen-bond donors (Lipinski definition) is 0. The molecular weight excluding hydrogens is 136 g/mol. The summed E-state index contributed by atoms with van der Waals surface area (Å²) in [6, 6.07) is 0. The van der Waals surface area contributed by atoms with Crippen molar-refractivity contribution in [3.63, 3.8) is 0 Å². The zero-order chi connectivity index (χ0) is 8.91. The van der Waals surface area contributed by atoms with E-state index in [1.165, 1.54) is 6.42 Å². The maximum atomic E-state index is 5.73. The normalized spacial score (nSPS) is 15.0. The van der Waals surface area contributed by atoms with Gasteiger partial charge in [-0.1, -0.05) is 27.2 Å². The Morgan fingerprint density at radius 1 is 1.27 bits per heavy atom. The summed E-state index contributed by atoms with van der Waals surface area (Å²) in [5.74, 6) is 0.647. The molecule has 0 aliphatic carbocycles. The minimum atomic E-state index is 0.0603. The molecule has 0 aromatic heterocycles. The zero-order valence-electron chi connectivity index (χ0n) is 8.61. The van der Waals surface area contributed by atoms with Gasteiger partial charge in [0.25, 0.3) is 0 Å². The lowest BCUT2D eigenvalue weighted by Gasteiger charge is -2.31. The minimum Gasteiger partial charge on any atom is -0.375 e. The molecule has 1 heteroatoms. The molecule has 11 heavy (non-hydrogen) atoms. The van der Waals surface area contributed by atoms with Gasteiger partial charge in [-0.2, -0.15) is 0 Å². The van der Waals surface area contributed by atoms with Gasteiger partial charge in [0.2, 0.25) is 0 Å². The van der Waals surface area contributed by atoms with Crippen molar-refractivity contribution >= 4 is 0 Å². The van der Waals surface area contributed by atoms with E-state index < -0.39 is 0 Å². The van der Waals surface area contributed by atoms with E-state index in [0.29, 0.717) is 5.92 Å². The van der Waals surface area contributed by atoms with Gasteiger partial charge in [0.15, 0.2) is 0 Å². The summed E-state index contributed by atoms with van der Waals surface area (Å²) in [6.45, 7) is 11.8. The van der Waals surface area contributed by atoms with Crippen molar-refractivity contribution in [2.75, 3.05) is 6.61 Å². The van der Waals surface area contributed by atoms with Crippen molar-refractivity contribution in [3.8, 4) is 0 Å². The van der Waals surface area contributed by atoms with Gasteiger partial charge in [-0.25, -0.2) is 0 Å². The first-order chi connectivity index (χ1) is 5.04. The second-order valence-electron chi connectivity index (χ2n) is 3.76. The largest absolute Gasteiger partial charge is 0.375 e. The lowest BCUT2D eigenvalue weighted by atomic mass is 9.90. The topological polar surface area (TPSA) is 9.23 Å². The molecule has 68 valence electrons. The average Bonchev–Trinajstić information content (AvgIpc) is 1.99. The van der Waals surface area contributed by atoms with Gasteiger partial charge in [-0.15, -0.1) is 0 Å². The van der Waals surface area contributed by atoms with E-state index in [1.54, 1.807) is 0 Å². The molecule has 0 aliphatic rings. The van der Waals surface area contributed by atoms with Crippen molar-refractivity contribution in [2.24, 2.45) is 5.92 Å². The molecule has 0 aromatic carbocycles. The number of rotatable bonds is 5. The van der Waals surface area contributed by atoms with E-state index in [4.69, 9.17) is 4.74 Å². The van der Waals surface area contributed by atoms with Gasteiger partial charge in [-0.3, -0.25) is 0 Å². The highest BCUT2D eigenvalue weighted by Crippen LogP contribution is 2.23. The van der Waals surface area contributed by atoms with E-state index in [1.807, 2.05) is 0 Å². The fourth-order valence-electron chi connectivity index (χ4n) is 0.999. The van der Waals surface area contributed by atoms with E-state index in [-0.39, 0.29) is 5.60 Å².